The van der Waals surface area contributed by atoms with E-state index in [0.717, 1.165) is 0 Å². The van der Waals surface area contributed by atoms with Crippen LogP contribution in [0.15, 0.2) is 0 Å². The van der Waals surface area contributed by atoms with Gasteiger partial charge in [-0.05, 0) is 0 Å². The molecule has 0 unspecified atom stereocenters. The van der Waals surface area contributed by atoms with E-state index in [1.807, 2.05) is 0 Å². The summed E-state index contributed by atoms with van der Waals surface area (Å²) >= 11 is 0. The van der Waals surface area contributed by atoms with Gasteiger partial charge in [-0.3, -0.25) is 0 Å². The molecule has 0 aromatic heterocycles. The van der Waals surface area contributed by atoms with E-state index in [1.165, 1.54) is 0 Å². The fourth-order valence-corrected chi connectivity index (χ4v) is 0. The van der Waals surface area contributed by atoms with Gasteiger partial charge in [0.25, 0.3) is 0 Å². The first-order chi connectivity index (χ1) is 1.73. The maximum Gasteiger partial charge on any atom is 0.0689 e. The second-order valence-electron chi connectivity index (χ2n) is 0.224. The SMILES string of the molecule is O=[N+]([O-])[O-].[NH4+].[Th]. The van der Waals surface area contributed by atoms with Crippen LogP contribution in [0.5, 0.6) is 0 Å². The molecule has 0 atom stereocenters. The van der Waals surface area contributed by atoms with Crippen molar-refractivity contribution in [2.45, 2.75) is 0 Å². The van der Waals surface area contributed by atoms with Gasteiger partial charge in [0.05, 0.1) is 5.09 Å². The Morgan fingerprint density at radius 3 is 1.33 bits per heavy atom. The maximum absolute atomic E-state index is 8.25. The Balaban J connectivity index is -0.0000000450. The van der Waals surface area contributed by atoms with Crippen LogP contribution in [0.25, 0.3) is 0 Å². The van der Waals surface area contributed by atoms with Gasteiger partial charge in [-0.25, -0.2) is 0 Å². The summed E-state index contributed by atoms with van der Waals surface area (Å²) in [6.07, 6.45) is 0. The second-order valence-corrected chi connectivity index (χ2v) is 0.224. The third kappa shape index (κ3) is 232. The Kier molecular flexibility index (Phi) is 24.3. The van der Waals surface area contributed by atoms with Gasteiger partial charge in [0.2, 0.25) is 0 Å². The predicted octanol–water partition coefficient (Wildman–Crippen LogP) is 0.137. The fourth-order valence-electron chi connectivity index (χ4n) is 0. The first-order valence-electron chi connectivity index (χ1n) is 0.548. The van der Waals surface area contributed by atoms with Crippen molar-refractivity contribution in [2.24, 2.45) is 0 Å². The molecule has 5 nitrogen and oxygen atoms in total. The quantitative estimate of drug-likeness (QED) is 0.508. The van der Waals surface area contributed by atoms with E-state index < -0.39 is 5.09 Å². The van der Waals surface area contributed by atoms with E-state index in [4.69, 9.17) is 15.3 Å². The van der Waals surface area contributed by atoms with Crippen LogP contribution in [-0.4, -0.2) is 5.09 Å². The minimum Gasteiger partial charge on any atom is -0.369 e. The van der Waals surface area contributed by atoms with Crippen LogP contribution in [0.2, 0.25) is 0 Å². The van der Waals surface area contributed by atoms with Gasteiger partial charge in [-0.2, -0.15) is 0 Å². The molecule has 0 saturated carbocycles. The largest absolute Gasteiger partial charge is 0.369 e. The number of nitrogens with zero attached hydrogens (tertiary/aromatic N) is 1. The van der Waals surface area contributed by atoms with Crippen molar-refractivity contribution in [3.8, 4) is 0 Å². The second kappa shape index (κ2) is 9.08. The molecule has 6 heavy (non-hydrogen) atoms. The summed E-state index contributed by atoms with van der Waals surface area (Å²) in [4.78, 5) is 8.25. The molecular weight excluding hydrogens is 308 g/mol. The zero-order valence-corrected chi connectivity index (χ0v) is 7.28. The van der Waals surface area contributed by atoms with E-state index in [0.29, 0.717) is 0 Å². The van der Waals surface area contributed by atoms with Gasteiger partial charge in [0.1, 0.15) is 0 Å². The summed E-state index contributed by atoms with van der Waals surface area (Å²) in [5, 5.41) is 14.8. The van der Waals surface area contributed by atoms with Crippen molar-refractivity contribution < 1.29 is 45.0 Å². The normalized spacial score (nSPS) is 4.00. The summed E-state index contributed by atoms with van der Waals surface area (Å²) < 4.78 is 0. The Morgan fingerprint density at radius 2 is 1.33 bits per heavy atom. The van der Waals surface area contributed by atoms with Crippen LogP contribution in [0.1, 0.15) is 0 Å². The molecule has 0 amide bonds. The minimum atomic E-state index is -1.75. The molecule has 0 aromatic rings. The molecule has 0 spiro atoms. The predicted molar refractivity (Wildman–Crippen MR) is 16.3 cm³/mol. The summed E-state index contributed by atoms with van der Waals surface area (Å²) in [7, 11) is 0. The van der Waals surface area contributed by atoms with Crippen molar-refractivity contribution in [2.75, 3.05) is 0 Å². The van der Waals surface area contributed by atoms with Gasteiger partial charge in [0, 0.05) is 39.9 Å². The van der Waals surface area contributed by atoms with Crippen LogP contribution in [0, 0.1) is 55.3 Å². The maximum atomic E-state index is 8.25. The number of quaternary nitrogens is 1. The molecule has 0 aliphatic carbocycles. The van der Waals surface area contributed by atoms with Crippen LogP contribution in [-0.2, 0) is 0 Å². The summed E-state index contributed by atoms with van der Waals surface area (Å²) in [5.74, 6) is 0. The standard InChI is InChI=1S/NO3.H3N.Th/c2-1(3)4;;/h;1H3;/q-1;;/p+1. The first kappa shape index (κ1) is 16.1. The van der Waals surface area contributed by atoms with Crippen LogP contribution in [0.4, 0.5) is 0 Å². The van der Waals surface area contributed by atoms with Gasteiger partial charge >= 0.3 is 0 Å². The first-order valence-corrected chi connectivity index (χ1v) is 0.548. The van der Waals surface area contributed by atoms with Gasteiger partial charge in [-0.15, -0.1) is 0 Å². The summed E-state index contributed by atoms with van der Waals surface area (Å²) in [6, 6.07) is 0. The Bertz CT molecular complexity index is 31.8. The van der Waals surface area contributed by atoms with Gasteiger partial charge in [-0.1, -0.05) is 0 Å². The van der Waals surface area contributed by atoms with Crippen LogP contribution in [0.3, 0.4) is 0 Å². The van der Waals surface area contributed by atoms with E-state index >= 15 is 0 Å². The molecular formula is H4N2O3Th. The topological polar surface area (TPSA) is 103 Å². The molecule has 0 aliphatic heterocycles. The smallest absolute Gasteiger partial charge is 0.0689 e. The minimum absolute atomic E-state index is 0. The third-order valence-corrected chi connectivity index (χ3v) is 0. The summed E-state index contributed by atoms with van der Waals surface area (Å²) in [6.45, 7) is 0. The van der Waals surface area contributed by atoms with Crippen molar-refractivity contribution in [1.82, 2.24) is 6.15 Å². The van der Waals surface area contributed by atoms with E-state index in [9.17, 15) is 0 Å². The summed E-state index contributed by atoms with van der Waals surface area (Å²) in [5.41, 5.74) is 0. The van der Waals surface area contributed by atoms with Crippen molar-refractivity contribution in [3.63, 3.8) is 0 Å². The zero-order valence-electron chi connectivity index (χ0n) is 3.17. The molecule has 0 rings (SSSR count). The van der Waals surface area contributed by atoms with Gasteiger partial charge in [0.15, 0.2) is 0 Å². The molecule has 6 heteroatoms. The molecule has 4 N–H and O–H groups in total. The fraction of sp³-hybridized carbons (Fsp3) is 0. The molecule has 0 fully saturated rings. The Morgan fingerprint density at radius 1 is 1.33 bits per heavy atom. The molecule has 0 heterocycles. The molecule has 0 aromatic carbocycles. The zero-order chi connectivity index (χ0) is 3.58. The number of hydrogen-bond acceptors (Lipinski definition) is 3. The van der Waals surface area contributed by atoms with Crippen molar-refractivity contribution >= 4 is 0 Å². The van der Waals surface area contributed by atoms with E-state index in [2.05, 4.69) is 0 Å². The molecule has 0 radical (unpaired) electrons. The average molecular weight is 312 g/mol. The van der Waals surface area contributed by atoms with Crippen molar-refractivity contribution in [1.29, 1.82) is 0 Å². The van der Waals surface area contributed by atoms with E-state index in [1.54, 1.807) is 0 Å². The van der Waals surface area contributed by atoms with Crippen molar-refractivity contribution in [3.05, 3.63) is 15.3 Å². The Hall–Kier alpha value is 0.485. The van der Waals surface area contributed by atoms with Crippen LogP contribution >= 0.6 is 0 Å². The molecule has 0 aliphatic rings. The van der Waals surface area contributed by atoms with Gasteiger partial charge < -0.3 is 21.5 Å². The third-order valence-electron chi connectivity index (χ3n) is 0. The molecule has 0 saturated heterocycles. The molecule has 0 bridgehead atoms. The van der Waals surface area contributed by atoms with Crippen LogP contribution < -0.4 is 6.15 Å². The Labute approximate surface area is 66.1 Å². The average Bonchev–Trinajstić information content (AvgIpc) is 0.811. The molecule has 36 valence electrons. The number of hydrogen-bond donors (Lipinski definition) is 1. The van der Waals surface area contributed by atoms with E-state index in [-0.39, 0.29) is 46.1 Å². The monoisotopic (exact) mass is 312 g/mol. The number of rotatable bonds is 0.